The molecule has 0 saturated carbocycles. The molecule has 24 heavy (non-hydrogen) atoms. The van der Waals surface area contributed by atoms with Gasteiger partial charge in [-0.3, -0.25) is 9.63 Å². The number of rotatable bonds is 9. The smallest absolute Gasteiger partial charge is 0.338 e. The number of unbranched alkanes of at least 4 members (excludes halogenated alkanes) is 1. The molecule has 0 saturated heterocycles. The van der Waals surface area contributed by atoms with Gasteiger partial charge in [-0.15, -0.1) is 0 Å². The molecule has 0 atom stereocenters. The molecule has 9 heteroatoms. The summed E-state index contributed by atoms with van der Waals surface area (Å²) in [6.45, 7) is 2.15. The van der Waals surface area contributed by atoms with Gasteiger partial charge in [0.1, 0.15) is 0 Å². The summed E-state index contributed by atoms with van der Waals surface area (Å²) >= 11 is 0. The predicted octanol–water partition coefficient (Wildman–Crippen LogP) is 0.942. The van der Waals surface area contributed by atoms with Gasteiger partial charge in [0, 0.05) is 13.6 Å². The van der Waals surface area contributed by atoms with E-state index < -0.39 is 16.0 Å². The summed E-state index contributed by atoms with van der Waals surface area (Å²) in [4.78, 5) is 27.9. The summed E-state index contributed by atoms with van der Waals surface area (Å²) < 4.78 is 29.6. The van der Waals surface area contributed by atoms with Crippen molar-refractivity contribution < 1.29 is 27.6 Å². The Bertz CT molecular complexity index is 657. The van der Waals surface area contributed by atoms with Crippen LogP contribution >= 0.6 is 0 Å². The van der Waals surface area contributed by atoms with E-state index in [4.69, 9.17) is 4.74 Å². The van der Waals surface area contributed by atoms with Gasteiger partial charge in [-0.2, -0.15) is 0 Å². The number of amides is 1. The molecule has 134 valence electrons. The first-order valence-corrected chi connectivity index (χ1v) is 8.83. The van der Waals surface area contributed by atoms with E-state index >= 15 is 0 Å². The van der Waals surface area contributed by atoms with Gasteiger partial charge in [-0.1, -0.05) is 17.8 Å². The Kier molecular flexibility index (Phi) is 7.83. The van der Waals surface area contributed by atoms with E-state index in [0.29, 0.717) is 11.0 Å². The van der Waals surface area contributed by atoms with E-state index in [0.717, 1.165) is 12.8 Å². The number of nitrogens with one attached hydrogen (secondary N) is 1. The maximum atomic E-state index is 12.0. The highest BCUT2D eigenvalue weighted by molar-refractivity contribution is 7.89. The lowest BCUT2D eigenvalue weighted by molar-refractivity contribution is -0.124. The van der Waals surface area contributed by atoms with Crippen molar-refractivity contribution in [3.8, 4) is 0 Å². The van der Waals surface area contributed by atoms with Crippen LogP contribution in [0.15, 0.2) is 29.2 Å². The Morgan fingerprint density at radius 3 is 2.38 bits per heavy atom. The normalized spacial score (nSPS) is 11.3. The third kappa shape index (κ3) is 5.59. The van der Waals surface area contributed by atoms with Crippen LogP contribution in [0.3, 0.4) is 0 Å². The molecule has 1 N–H and O–H groups in total. The molecule has 0 fully saturated rings. The molecule has 1 aromatic carbocycles. The first-order chi connectivity index (χ1) is 11.3. The van der Waals surface area contributed by atoms with Gasteiger partial charge in [0.25, 0.3) is 15.9 Å². The SMILES string of the molecule is CCCCNC(=O)COC(=O)c1ccc(S(=O)(=O)N(C)OC)cc1. The van der Waals surface area contributed by atoms with Gasteiger partial charge in [0.15, 0.2) is 6.61 Å². The van der Waals surface area contributed by atoms with Crippen LogP contribution in [-0.2, 0) is 24.4 Å². The molecule has 0 radical (unpaired) electrons. The number of carbonyl (C=O) groups excluding carboxylic acids is 2. The zero-order valence-electron chi connectivity index (χ0n) is 13.9. The lowest BCUT2D eigenvalue weighted by atomic mass is 10.2. The number of esters is 1. The van der Waals surface area contributed by atoms with Crippen LogP contribution in [0.2, 0.25) is 0 Å². The van der Waals surface area contributed by atoms with Crippen LogP contribution in [0, 0.1) is 0 Å². The Hall–Kier alpha value is -1.97. The lowest BCUT2D eigenvalue weighted by Gasteiger charge is -2.14. The number of carbonyl (C=O) groups is 2. The van der Waals surface area contributed by atoms with Gasteiger partial charge in [0.05, 0.1) is 17.6 Å². The number of sulfonamides is 1. The number of benzene rings is 1. The van der Waals surface area contributed by atoms with E-state index in [-0.39, 0.29) is 23.0 Å². The first-order valence-electron chi connectivity index (χ1n) is 7.39. The van der Waals surface area contributed by atoms with Crippen LogP contribution < -0.4 is 5.32 Å². The molecule has 8 nitrogen and oxygen atoms in total. The summed E-state index contributed by atoms with van der Waals surface area (Å²) in [5.74, 6) is -1.08. The number of hydrogen-bond acceptors (Lipinski definition) is 6. The van der Waals surface area contributed by atoms with E-state index in [1.807, 2.05) is 6.92 Å². The van der Waals surface area contributed by atoms with Gasteiger partial charge < -0.3 is 10.1 Å². The fraction of sp³-hybridized carbons (Fsp3) is 0.467. The number of ether oxygens (including phenoxy) is 1. The molecular weight excluding hydrogens is 336 g/mol. The van der Waals surface area contributed by atoms with Crippen LogP contribution in [-0.4, -0.2) is 52.1 Å². The third-order valence-electron chi connectivity index (χ3n) is 3.17. The Labute approximate surface area is 141 Å². The highest BCUT2D eigenvalue weighted by atomic mass is 32.2. The lowest BCUT2D eigenvalue weighted by Crippen LogP contribution is -2.29. The minimum Gasteiger partial charge on any atom is -0.452 e. The maximum absolute atomic E-state index is 12.0. The van der Waals surface area contributed by atoms with Crippen LogP contribution in [0.4, 0.5) is 0 Å². The van der Waals surface area contributed by atoms with E-state index in [1.54, 1.807) is 0 Å². The molecule has 1 aromatic rings. The Balaban J connectivity index is 2.63. The zero-order valence-corrected chi connectivity index (χ0v) is 14.8. The van der Waals surface area contributed by atoms with E-state index in [2.05, 4.69) is 10.2 Å². The van der Waals surface area contributed by atoms with Crippen molar-refractivity contribution in [3.63, 3.8) is 0 Å². The highest BCUT2D eigenvalue weighted by Gasteiger charge is 2.21. The maximum Gasteiger partial charge on any atom is 0.338 e. The first kappa shape index (κ1) is 20.1. The average Bonchev–Trinajstić information content (AvgIpc) is 2.59. The minimum absolute atomic E-state index is 0.0271. The number of nitrogens with zero attached hydrogens (tertiary/aromatic N) is 1. The molecular formula is C15H22N2O6S. The molecule has 0 heterocycles. The fourth-order valence-electron chi connectivity index (χ4n) is 1.68. The molecule has 0 spiro atoms. The topological polar surface area (TPSA) is 102 Å². The molecule has 0 aliphatic heterocycles. The molecule has 1 rings (SSSR count). The van der Waals surface area contributed by atoms with Crippen LogP contribution in [0.1, 0.15) is 30.1 Å². The van der Waals surface area contributed by atoms with Gasteiger partial charge in [-0.05, 0) is 30.7 Å². The molecule has 0 unspecified atom stereocenters. The Morgan fingerprint density at radius 2 is 1.83 bits per heavy atom. The summed E-state index contributed by atoms with van der Waals surface area (Å²) in [5, 5.41) is 2.62. The van der Waals surface area contributed by atoms with Gasteiger partial charge in [0.2, 0.25) is 0 Å². The summed E-state index contributed by atoms with van der Waals surface area (Å²) in [5.41, 5.74) is 0.148. The molecule has 0 aromatic heterocycles. The number of hydroxylamine groups is 1. The fourth-order valence-corrected chi connectivity index (χ4v) is 2.65. The van der Waals surface area contributed by atoms with Crippen molar-refractivity contribution >= 4 is 21.9 Å². The number of hydrogen-bond donors (Lipinski definition) is 1. The molecule has 1 amide bonds. The van der Waals surface area contributed by atoms with Crippen molar-refractivity contribution in [1.29, 1.82) is 0 Å². The standard InChI is InChI=1S/C15H22N2O6S/c1-4-5-10-16-14(18)11-23-15(19)12-6-8-13(9-7-12)24(20,21)17(2)22-3/h6-9H,4-5,10-11H2,1-3H3,(H,16,18). The zero-order chi connectivity index (χ0) is 18.2. The predicted molar refractivity (Wildman–Crippen MR) is 86.6 cm³/mol. The summed E-state index contributed by atoms with van der Waals surface area (Å²) in [6, 6.07) is 5.16. The van der Waals surface area contributed by atoms with Crippen molar-refractivity contribution in [3.05, 3.63) is 29.8 Å². The van der Waals surface area contributed by atoms with E-state index in [9.17, 15) is 18.0 Å². The molecule has 0 bridgehead atoms. The van der Waals surface area contributed by atoms with Crippen LogP contribution in [0.25, 0.3) is 0 Å². The van der Waals surface area contributed by atoms with Crippen LogP contribution in [0.5, 0.6) is 0 Å². The average molecular weight is 358 g/mol. The summed E-state index contributed by atoms with van der Waals surface area (Å²) in [6.07, 6.45) is 1.80. The second kappa shape index (κ2) is 9.36. The largest absolute Gasteiger partial charge is 0.452 e. The van der Waals surface area contributed by atoms with Crippen molar-refractivity contribution in [2.24, 2.45) is 0 Å². The highest BCUT2D eigenvalue weighted by Crippen LogP contribution is 2.15. The monoisotopic (exact) mass is 358 g/mol. The van der Waals surface area contributed by atoms with Crippen molar-refractivity contribution in [1.82, 2.24) is 9.79 Å². The van der Waals surface area contributed by atoms with Gasteiger partial charge >= 0.3 is 5.97 Å². The second-order valence-corrected chi connectivity index (χ2v) is 6.84. The third-order valence-corrected chi connectivity index (χ3v) is 4.86. The minimum atomic E-state index is -3.78. The summed E-state index contributed by atoms with van der Waals surface area (Å²) in [7, 11) is -1.29. The molecule has 0 aliphatic carbocycles. The molecule has 0 aliphatic rings. The van der Waals surface area contributed by atoms with Crippen molar-refractivity contribution in [2.75, 3.05) is 27.3 Å². The quantitative estimate of drug-likeness (QED) is 0.400. The van der Waals surface area contributed by atoms with E-state index in [1.165, 1.54) is 38.4 Å². The second-order valence-electron chi connectivity index (χ2n) is 4.90. The Morgan fingerprint density at radius 1 is 1.21 bits per heavy atom. The van der Waals surface area contributed by atoms with Crippen molar-refractivity contribution in [2.45, 2.75) is 24.7 Å². The van der Waals surface area contributed by atoms with Gasteiger partial charge in [-0.25, -0.2) is 13.2 Å².